The van der Waals surface area contributed by atoms with E-state index in [2.05, 4.69) is 5.32 Å². The van der Waals surface area contributed by atoms with Gasteiger partial charge in [0, 0.05) is 17.8 Å². The summed E-state index contributed by atoms with van der Waals surface area (Å²) >= 11 is 5.45. The summed E-state index contributed by atoms with van der Waals surface area (Å²) in [5, 5.41) is 11.3. The van der Waals surface area contributed by atoms with E-state index >= 15 is 4.39 Å². The molecule has 1 saturated heterocycles. The topological polar surface area (TPSA) is 76.4 Å². The van der Waals surface area contributed by atoms with Crippen LogP contribution in [0.4, 0.5) is 33.3 Å². The number of nitrogens with one attached hydrogen (secondary N) is 1. The molecule has 3 aromatic carbocycles. The Morgan fingerprint density at radius 1 is 1.03 bits per heavy atom. The molecule has 0 saturated carbocycles. The maximum absolute atomic E-state index is 15.0. The highest BCUT2D eigenvalue weighted by Crippen LogP contribution is 2.39. The molecular formula is C27H19F5N4O2S. The summed E-state index contributed by atoms with van der Waals surface area (Å²) in [7, 11) is 0. The molecule has 0 aliphatic carbocycles. The van der Waals surface area contributed by atoms with Gasteiger partial charge in [0.25, 0.3) is 11.8 Å². The minimum atomic E-state index is -4.85. The molecule has 12 heteroatoms. The summed E-state index contributed by atoms with van der Waals surface area (Å²) in [6.45, 7) is 2.70. The monoisotopic (exact) mass is 558 g/mol. The lowest BCUT2D eigenvalue weighted by Crippen LogP contribution is -2.44. The smallest absolute Gasteiger partial charge is 0.348 e. The van der Waals surface area contributed by atoms with Crippen molar-refractivity contribution in [1.29, 1.82) is 5.26 Å². The lowest BCUT2D eigenvalue weighted by molar-refractivity contribution is -0.137. The van der Waals surface area contributed by atoms with Crippen molar-refractivity contribution in [3.05, 3.63) is 94.6 Å². The van der Waals surface area contributed by atoms with Gasteiger partial charge >= 0.3 is 6.18 Å². The van der Waals surface area contributed by atoms with Crippen LogP contribution in [0.15, 0.2) is 60.7 Å². The fraction of sp³-hybridized carbons (Fsp3) is 0.185. The maximum Gasteiger partial charge on any atom is 0.417 e. The number of benzene rings is 3. The number of anilines is 2. The van der Waals surface area contributed by atoms with Gasteiger partial charge in [-0.05, 0) is 68.5 Å². The molecule has 1 aliphatic rings. The predicted molar refractivity (Wildman–Crippen MR) is 137 cm³/mol. The predicted octanol–water partition coefficient (Wildman–Crippen LogP) is 5.70. The molecule has 6 nitrogen and oxygen atoms in total. The van der Waals surface area contributed by atoms with Crippen molar-refractivity contribution in [2.24, 2.45) is 0 Å². The van der Waals surface area contributed by atoms with Gasteiger partial charge in [-0.25, -0.2) is 8.78 Å². The number of thiocarbonyl (C=S) groups is 1. The van der Waals surface area contributed by atoms with Crippen molar-refractivity contribution in [3.8, 4) is 6.07 Å². The molecule has 3 aromatic rings. The zero-order valence-corrected chi connectivity index (χ0v) is 21.3. The molecule has 0 aromatic heterocycles. The SMILES string of the molecule is CC1(C)C(=O)N(c2ccc(C#N)c(C(F)(F)F)c2)C(=S)N1c1ccc(CNC(=O)c2ccccc2F)c(F)c1. The van der Waals surface area contributed by atoms with Crippen molar-refractivity contribution >= 4 is 40.5 Å². The average Bonchev–Trinajstić information content (AvgIpc) is 3.05. The van der Waals surface area contributed by atoms with E-state index in [1.807, 2.05) is 0 Å². The number of hydrogen-bond acceptors (Lipinski definition) is 4. The van der Waals surface area contributed by atoms with Crippen molar-refractivity contribution in [2.45, 2.75) is 32.1 Å². The molecule has 1 heterocycles. The van der Waals surface area contributed by atoms with Gasteiger partial charge in [-0.15, -0.1) is 0 Å². The first-order valence-corrected chi connectivity index (χ1v) is 11.8. The van der Waals surface area contributed by atoms with Crippen LogP contribution in [0.3, 0.4) is 0 Å². The second-order valence-corrected chi connectivity index (χ2v) is 9.46. The molecule has 0 spiro atoms. The highest BCUT2D eigenvalue weighted by Gasteiger charge is 2.50. The van der Waals surface area contributed by atoms with Crippen LogP contribution in [-0.4, -0.2) is 22.5 Å². The summed E-state index contributed by atoms with van der Waals surface area (Å²) in [5.74, 6) is -2.88. The zero-order chi connectivity index (χ0) is 28.7. The minimum Gasteiger partial charge on any atom is -0.348 e. The van der Waals surface area contributed by atoms with Gasteiger partial charge in [-0.3, -0.25) is 14.5 Å². The van der Waals surface area contributed by atoms with Crippen molar-refractivity contribution < 1.29 is 31.5 Å². The second-order valence-electron chi connectivity index (χ2n) is 9.10. The highest BCUT2D eigenvalue weighted by molar-refractivity contribution is 7.81. The molecule has 4 rings (SSSR count). The van der Waals surface area contributed by atoms with Crippen LogP contribution in [0, 0.1) is 23.0 Å². The molecule has 1 fully saturated rings. The first-order valence-electron chi connectivity index (χ1n) is 11.4. The van der Waals surface area contributed by atoms with Crippen LogP contribution in [0.2, 0.25) is 0 Å². The Hall–Kier alpha value is -4.37. The summed E-state index contributed by atoms with van der Waals surface area (Å²) in [5.41, 5.74) is -3.42. The second kappa shape index (κ2) is 10.1. The molecule has 0 bridgehead atoms. The number of amides is 2. The Balaban J connectivity index is 1.61. The van der Waals surface area contributed by atoms with Gasteiger partial charge in [-0.1, -0.05) is 18.2 Å². The number of nitrogens with zero attached hydrogens (tertiary/aromatic N) is 3. The highest BCUT2D eigenvalue weighted by atomic mass is 32.1. The molecule has 1 N–H and O–H groups in total. The molecule has 0 atom stereocenters. The Kier molecular flexibility index (Phi) is 7.14. The number of rotatable bonds is 5. The van der Waals surface area contributed by atoms with Crippen LogP contribution in [-0.2, 0) is 17.5 Å². The number of halogens is 5. The van der Waals surface area contributed by atoms with E-state index in [4.69, 9.17) is 17.5 Å². The van der Waals surface area contributed by atoms with Gasteiger partial charge in [0.15, 0.2) is 5.11 Å². The number of hydrogen-bond donors (Lipinski definition) is 1. The number of alkyl halides is 3. The summed E-state index contributed by atoms with van der Waals surface area (Å²) in [6, 6.07) is 13.5. The fourth-order valence-corrected chi connectivity index (χ4v) is 4.72. The first-order chi connectivity index (χ1) is 18.3. The minimum absolute atomic E-state index is 0.0662. The van der Waals surface area contributed by atoms with Gasteiger partial charge in [0.2, 0.25) is 0 Å². The molecule has 0 unspecified atom stereocenters. The summed E-state index contributed by atoms with van der Waals surface area (Å²) in [6.07, 6.45) is -4.85. The van der Waals surface area contributed by atoms with Crippen molar-refractivity contribution in [2.75, 3.05) is 9.80 Å². The maximum atomic E-state index is 15.0. The third kappa shape index (κ3) is 5.05. The van der Waals surface area contributed by atoms with Gasteiger partial charge in [-0.2, -0.15) is 18.4 Å². The molecular weight excluding hydrogens is 539 g/mol. The normalized spacial score (nSPS) is 14.9. The summed E-state index contributed by atoms with van der Waals surface area (Å²) in [4.78, 5) is 27.8. The van der Waals surface area contributed by atoms with Gasteiger partial charge < -0.3 is 10.2 Å². The third-order valence-electron chi connectivity index (χ3n) is 6.21. The fourth-order valence-electron chi connectivity index (χ4n) is 4.19. The Bertz CT molecular complexity index is 1550. The average molecular weight is 559 g/mol. The third-order valence-corrected chi connectivity index (χ3v) is 6.57. The number of nitriles is 1. The standard InChI is InChI=1S/C27H19F5N4O2S/c1-26(2)24(38)35(17-9-7-15(13-33)20(11-17)27(30,31)32)25(39)36(26)18-10-8-16(22(29)12-18)14-34-23(37)19-5-3-4-6-21(19)28/h3-12H,14H2,1-2H3,(H,34,37). The quantitative estimate of drug-likeness (QED) is 0.321. The van der Waals surface area contributed by atoms with E-state index in [0.717, 1.165) is 23.1 Å². The Morgan fingerprint density at radius 2 is 1.69 bits per heavy atom. The number of carbonyl (C=O) groups is 2. The first kappa shape index (κ1) is 27.7. The molecule has 0 radical (unpaired) electrons. The van der Waals surface area contributed by atoms with Gasteiger partial charge in [0.05, 0.1) is 28.4 Å². The Labute approximate surface area is 225 Å². The van der Waals surface area contributed by atoms with Crippen molar-refractivity contribution in [3.63, 3.8) is 0 Å². The van der Waals surface area contributed by atoms with Crippen LogP contribution in [0.1, 0.15) is 40.9 Å². The molecule has 1 aliphatic heterocycles. The summed E-state index contributed by atoms with van der Waals surface area (Å²) < 4.78 is 69.4. The Morgan fingerprint density at radius 3 is 2.31 bits per heavy atom. The van der Waals surface area contributed by atoms with E-state index in [9.17, 15) is 27.2 Å². The van der Waals surface area contributed by atoms with Crippen LogP contribution < -0.4 is 15.1 Å². The van der Waals surface area contributed by atoms with Gasteiger partial charge in [0.1, 0.15) is 17.2 Å². The van der Waals surface area contributed by atoms with E-state index in [1.54, 1.807) is 0 Å². The van der Waals surface area contributed by atoms with Crippen LogP contribution in [0.5, 0.6) is 0 Å². The van der Waals surface area contributed by atoms with E-state index in [0.29, 0.717) is 6.07 Å². The lowest BCUT2D eigenvalue weighted by atomic mass is 10.0. The van der Waals surface area contributed by atoms with Crippen molar-refractivity contribution in [1.82, 2.24) is 5.32 Å². The van der Waals surface area contributed by atoms with E-state index in [1.165, 1.54) is 61.2 Å². The lowest BCUT2D eigenvalue weighted by Gasteiger charge is -2.29. The molecule has 200 valence electrons. The molecule has 39 heavy (non-hydrogen) atoms. The number of carbonyl (C=O) groups excluding carboxylic acids is 2. The zero-order valence-electron chi connectivity index (χ0n) is 20.4. The van der Waals surface area contributed by atoms with E-state index in [-0.39, 0.29) is 34.2 Å². The van der Waals surface area contributed by atoms with Crippen LogP contribution >= 0.6 is 12.2 Å². The molecule has 2 amide bonds. The van der Waals surface area contributed by atoms with E-state index < -0.39 is 46.3 Å². The van der Waals surface area contributed by atoms with Crippen LogP contribution in [0.25, 0.3) is 0 Å². The largest absolute Gasteiger partial charge is 0.417 e.